The minimum atomic E-state index is -0.563. The van der Waals surface area contributed by atoms with Crippen LogP contribution in [0.15, 0.2) is 24.4 Å². The summed E-state index contributed by atoms with van der Waals surface area (Å²) < 4.78 is 26.4. The molecule has 2 N–H and O–H groups in total. The Labute approximate surface area is 113 Å². The molecule has 0 radical (unpaired) electrons. The number of anilines is 2. The van der Waals surface area contributed by atoms with E-state index in [0.29, 0.717) is 5.95 Å². The monoisotopic (exact) mass is 284 g/mol. The van der Waals surface area contributed by atoms with E-state index in [9.17, 15) is 8.78 Å². The topological polar surface area (TPSA) is 49.8 Å². The molecule has 1 aromatic carbocycles. The molecular weight excluding hydrogens is 274 g/mol. The van der Waals surface area contributed by atoms with Crippen LogP contribution in [0.4, 0.5) is 20.5 Å². The summed E-state index contributed by atoms with van der Waals surface area (Å²) in [7, 11) is 1.64. The predicted molar refractivity (Wildman–Crippen MR) is 70.3 cm³/mol. The number of halogens is 3. The average molecular weight is 285 g/mol. The van der Waals surface area contributed by atoms with Crippen LogP contribution < -0.4 is 10.6 Å². The second-order valence-corrected chi connectivity index (χ2v) is 4.15. The standard InChI is InChI=1S/C12H11ClF2N4/c1-16-12-18-6-10(15)11(19-12)17-5-7-2-3-9(14)8(13)4-7/h2-4,6H,5H2,1H3,(H2,16,17,18,19). The fourth-order valence-electron chi connectivity index (χ4n) is 1.45. The largest absolute Gasteiger partial charge is 0.363 e. The molecule has 0 saturated heterocycles. The Morgan fingerprint density at radius 2 is 2.05 bits per heavy atom. The lowest BCUT2D eigenvalue weighted by Gasteiger charge is -2.08. The van der Waals surface area contributed by atoms with Crippen molar-refractivity contribution in [2.75, 3.05) is 17.7 Å². The van der Waals surface area contributed by atoms with Gasteiger partial charge >= 0.3 is 0 Å². The van der Waals surface area contributed by atoms with Gasteiger partial charge in [-0.05, 0) is 17.7 Å². The summed E-state index contributed by atoms with van der Waals surface area (Å²) >= 11 is 5.66. The third-order valence-corrected chi connectivity index (χ3v) is 2.70. The van der Waals surface area contributed by atoms with Crippen molar-refractivity contribution in [1.82, 2.24) is 9.97 Å². The van der Waals surface area contributed by atoms with Crippen LogP contribution in [0, 0.1) is 11.6 Å². The number of hydrogen-bond donors (Lipinski definition) is 2. The summed E-state index contributed by atoms with van der Waals surface area (Å²) in [6.07, 6.45) is 1.07. The van der Waals surface area contributed by atoms with E-state index in [1.54, 1.807) is 13.1 Å². The number of nitrogens with zero attached hydrogens (tertiary/aromatic N) is 2. The Kier molecular flexibility index (Phi) is 4.11. The Hall–Kier alpha value is -1.95. The highest BCUT2D eigenvalue weighted by Gasteiger charge is 2.06. The highest BCUT2D eigenvalue weighted by molar-refractivity contribution is 6.30. The lowest BCUT2D eigenvalue weighted by Crippen LogP contribution is -2.06. The first-order chi connectivity index (χ1) is 9.10. The van der Waals surface area contributed by atoms with Gasteiger partial charge in [0, 0.05) is 13.6 Å². The average Bonchev–Trinajstić information content (AvgIpc) is 2.41. The van der Waals surface area contributed by atoms with Crippen LogP contribution in [-0.4, -0.2) is 17.0 Å². The maximum atomic E-state index is 13.5. The summed E-state index contributed by atoms with van der Waals surface area (Å²) in [6, 6.07) is 4.29. The first-order valence-corrected chi connectivity index (χ1v) is 5.86. The second-order valence-electron chi connectivity index (χ2n) is 3.74. The summed E-state index contributed by atoms with van der Waals surface area (Å²) in [5.41, 5.74) is 0.718. The zero-order valence-corrected chi connectivity index (χ0v) is 10.8. The van der Waals surface area contributed by atoms with E-state index in [4.69, 9.17) is 11.6 Å². The van der Waals surface area contributed by atoms with Crippen LogP contribution in [-0.2, 0) is 6.54 Å². The second kappa shape index (κ2) is 5.79. The van der Waals surface area contributed by atoms with Crippen LogP contribution in [0.1, 0.15) is 5.56 Å². The van der Waals surface area contributed by atoms with Gasteiger partial charge in [-0.3, -0.25) is 0 Å². The molecule has 100 valence electrons. The molecule has 0 aliphatic carbocycles. The van der Waals surface area contributed by atoms with Gasteiger partial charge in [-0.1, -0.05) is 17.7 Å². The molecule has 0 bridgehead atoms. The molecule has 1 aromatic heterocycles. The summed E-state index contributed by atoms with van der Waals surface area (Å²) in [6.45, 7) is 0.275. The summed E-state index contributed by atoms with van der Waals surface area (Å²) in [4.78, 5) is 7.66. The SMILES string of the molecule is CNc1ncc(F)c(NCc2ccc(F)c(Cl)c2)n1. The Balaban J connectivity index is 2.11. The van der Waals surface area contributed by atoms with Gasteiger partial charge in [-0.2, -0.15) is 4.98 Å². The molecule has 2 rings (SSSR count). The lowest BCUT2D eigenvalue weighted by atomic mass is 10.2. The van der Waals surface area contributed by atoms with Gasteiger partial charge in [0.05, 0.1) is 11.2 Å². The van der Waals surface area contributed by atoms with Gasteiger partial charge < -0.3 is 10.6 Å². The van der Waals surface area contributed by atoms with Crippen LogP contribution in [0.5, 0.6) is 0 Å². The van der Waals surface area contributed by atoms with E-state index in [2.05, 4.69) is 20.6 Å². The van der Waals surface area contributed by atoms with Crippen molar-refractivity contribution in [2.24, 2.45) is 0 Å². The molecule has 0 unspecified atom stereocenters. The first-order valence-electron chi connectivity index (χ1n) is 5.48. The van der Waals surface area contributed by atoms with Gasteiger partial charge in [0.1, 0.15) is 5.82 Å². The smallest absolute Gasteiger partial charge is 0.224 e. The Morgan fingerprint density at radius 1 is 1.26 bits per heavy atom. The van der Waals surface area contributed by atoms with Crippen LogP contribution in [0.3, 0.4) is 0 Å². The highest BCUT2D eigenvalue weighted by atomic mass is 35.5. The molecule has 4 nitrogen and oxygen atoms in total. The van der Waals surface area contributed by atoms with Gasteiger partial charge in [-0.25, -0.2) is 13.8 Å². The first kappa shape index (κ1) is 13.5. The van der Waals surface area contributed by atoms with E-state index in [1.165, 1.54) is 12.1 Å². The fourth-order valence-corrected chi connectivity index (χ4v) is 1.65. The lowest BCUT2D eigenvalue weighted by molar-refractivity contribution is 0.617. The van der Waals surface area contributed by atoms with E-state index >= 15 is 0 Å². The van der Waals surface area contributed by atoms with Crippen molar-refractivity contribution in [2.45, 2.75) is 6.54 Å². The molecule has 19 heavy (non-hydrogen) atoms. The molecule has 1 heterocycles. The quantitative estimate of drug-likeness (QED) is 0.906. The predicted octanol–water partition coefficient (Wildman–Crippen LogP) is 3.06. The molecule has 0 saturated carbocycles. The normalized spacial score (nSPS) is 10.3. The molecule has 0 atom stereocenters. The molecular formula is C12H11ClF2N4. The molecule has 0 aliphatic rings. The Morgan fingerprint density at radius 3 is 2.74 bits per heavy atom. The summed E-state index contributed by atoms with van der Waals surface area (Å²) in [5, 5.41) is 5.54. The van der Waals surface area contributed by atoms with Gasteiger partial charge in [0.15, 0.2) is 11.6 Å². The zero-order valence-electron chi connectivity index (χ0n) is 10.0. The molecule has 0 amide bonds. The van der Waals surface area contributed by atoms with Gasteiger partial charge in [0.25, 0.3) is 0 Å². The molecule has 0 spiro atoms. The van der Waals surface area contributed by atoms with Crippen LogP contribution >= 0.6 is 11.6 Å². The number of aromatic nitrogens is 2. The minimum absolute atomic E-state index is 0.0263. The van der Waals surface area contributed by atoms with Crippen molar-refractivity contribution in [3.8, 4) is 0 Å². The van der Waals surface area contributed by atoms with Crippen molar-refractivity contribution in [3.63, 3.8) is 0 Å². The zero-order chi connectivity index (χ0) is 13.8. The maximum absolute atomic E-state index is 13.5. The van der Waals surface area contributed by atoms with Gasteiger partial charge in [-0.15, -0.1) is 0 Å². The Bertz CT molecular complexity index is 592. The third-order valence-electron chi connectivity index (χ3n) is 2.41. The number of rotatable bonds is 4. The van der Waals surface area contributed by atoms with Crippen molar-refractivity contribution < 1.29 is 8.78 Å². The van der Waals surface area contributed by atoms with Crippen LogP contribution in [0.25, 0.3) is 0 Å². The minimum Gasteiger partial charge on any atom is -0.363 e. The maximum Gasteiger partial charge on any atom is 0.224 e. The van der Waals surface area contributed by atoms with Gasteiger partial charge in [0.2, 0.25) is 5.95 Å². The van der Waals surface area contributed by atoms with Crippen molar-refractivity contribution in [3.05, 3.63) is 46.6 Å². The van der Waals surface area contributed by atoms with Crippen molar-refractivity contribution in [1.29, 1.82) is 0 Å². The van der Waals surface area contributed by atoms with E-state index in [0.717, 1.165) is 11.8 Å². The highest BCUT2D eigenvalue weighted by Crippen LogP contribution is 2.18. The van der Waals surface area contributed by atoms with Crippen LogP contribution in [0.2, 0.25) is 5.02 Å². The van der Waals surface area contributed by atoms with Crippen molar-refractivity contribution >= 4 is 23.4 Å². The molecule has 7 heteroatoms. The third kappa shape index (κ3) is 3.29. The van der Waals surface area contributed by atoms with E-state index in [-0.39, 0.29) is 17.4 Å². The summed E-state index contributed by atoms with van der Waals surface area (Å²) in [5.74, 6) is -0.677. The van der Waals surface area contributed by atoms with E-state index in [1.807, 2.05) is 0 Å². The number of nitrogens with one attached hydrogen (secondary N) is 2. The number of hydrogen-bond acceptors (Lipinski definition) is 4. The molecule has 0 aliphatic heterocycles. The molecule has 0 fully saturated rings. The fraction of sp³-hybridized carbons (Fsp3) is 0.167. The van der Waals surface area contributed by atoms with E-state index < -0.39 is 11.6 Å². The number of benzene rings is 1. The molecule has 2 aromatic rings.